The number of aromatic nitrogens is 1. The quantitative estimate of drug-likeness (QED) is 0.633. The zero-order valence-corrected chi connectivity index (χ0v) is 18.7. The van der Waals surface area contributed by atoms with Crippen LogP contribution in [0.3, 0.4) is 0 Å². The molecule has 0 amide bonds. The Morgan fingerprint density at radius 2 is 1.81 bits per heavy atom. The van der Waals surface area contributed by atoms with Gasteiger partial charge in [-0.25, -0.2) is 0 Å². The minimum absolute atomic E-state index is 0.672. The van der Waals surface area contributed by atoms with Crippen LogP contribution in [-0.2, 0) is 6.54 Å². The van der Waals surface area contributed by atoms with Gasteiger partial charge in [-0.3, -0.25) is 4.90 Å². The lowest BCUT2D eigenvalue weighted by Gasteiger charge is -2.32. The number of aryl methyl sites for hydroxylation is 1. The minimum Gasteiger partial charge on any atom is -0.492 e. The summed E-state index contributed by atoms with van der Waals surface area (Å²) in [7, 11) is 4.08. The molecule has 0 radical (unpaired) electrons. The van der Waals surface area contributed by atoms with E-state index in [1.807, 2.05) is 31.3 Å². The van der Waals surface area contributed by atoms with Crippen LogP contribution in [0, 0.1) is 11.3 Å². The molecule has 1 aliphatic heterocycles. The second-order valence-corrected chi connectivity index (χ2v) is 8.08. The molecule has 1 saturated heterocycles. The third kappa shape index (κ3) is 4.39. The van der Waals surface area contributed by atoms with Crippen LogP contribution in [0.15, 0.2) is 42.5 Å². The fraction of sp³-hybridized carbons (Fsp3) is 0.400. The van der Waals surface area contributed by atoms with Crippen LogP contribution in [0.1, 0.15) is 12.5 Å². The summed E-state index contributed by atoms with van der Waals surface area (Å²) in [5.41, 5.74) is 4.84. The summed E-state index contributed by atoms with van der Waals surface area (Å²) in [6.45, 7) is 8.94. The molecule has 1 fully saturated rings. The molecule has 0 aliphatic carbocycles. The molecule has 2 aromatic carbocycles. The molecule has 2 heterocycles. The maximum atomic E-state index is 9.95. The predicted octanol–water partition coefficient (Wildman–Crippen LogP) is 3.87. The van der Waals surface area contributed by atoms with Crippen molar-refractivity contribution < 1.29 is 4.74 Å². The van der Waals surface area contributed by atoms with E-state index in [4.69, 9.17) is 4.74 Å². The first-order valence-corrected chi connectivity index (χ1v) is 11.0. The van der Waals surface area contributed by atoms with Crippen molar-refractivity contribution in [3.8, 4) is 23.1 Å². The topological polar surface area (TPSA) is 56.5 Å². The van der Waals surface area contributed by atoms with E-state index < -0.39 is 0 Å². The molecule has 0 spiro atoms. The van der Waals surface area contributed by atoms with Crippen LogP contribution >= 0.6 is 0 Å². The zero-order chi connectivity index (χ0) is 21.8. The van der Waals surface area contributed by atoms with Crippen LogP contribution in [0.2, 0.25) is 0 Å². The molecule has 162 valence electrons. The van der Waals surface area contributed by atoms with Gasteiger partial charge >= 0.3 is 0 Å². The van der Waals surface area contributed by atoms with Crippen LogP contribution in [0.25, 0.3) is 22.2 Å². The van der Waals surface area contributed by atoms with E-state index in [-0.39, 0.29) is 0 Å². The van der Waals surface area contributed by atoms with E-state index in [2.05, 4.69) is 57.9 Å². The van der Waals surface area contributed by atoms with Crippen molar-refractivity contribution >= 4 is 16.6 Å². The van der Waals surface area contributed by atoms with Crippen LogP contribution < -0.4 is 10.1 Å². The summed E-state index contributed by atoms with van der Waals surface area (Å²) in [5.74, 6) is 0.857. The maximum absolute atomic E-state index is 9.95. The largest absolute Gasteiger partial charge is 0.492 e. The van der Waals surface area contributed by atoms with Gasteiger partial charge in [-0.05, 0) is 43.8 Å². The average Bonchev–Trinajstić information content (AvgIpc) is 3.13. The average molecular weight is 418 g/mol. The Labute approximate surface area is 184 Å². The third-order valence-corrected chi connectivity index (χ3v) is 6.18. The molecule has 1 aromatic heterocycles. The number of hydrogen-bond acceptors (Lipinski definition) is 5. The van der Waals surface area contributed by atoms with Gasteiger partial charge in [-0.2, -0.15) is 5.26 Å². The van der Waals surface area contributed by atoms with E-state index in [1.54, 1.807) is 0 Å². The number of ether oxygens (including phenoxy) is 1. The Hall–Kier alpha value is -3.01. The summed E-state index contributed by atoms with van der Waals surface area (Å²) in [6, 6.07) is 16.8. The van der Waals surface area contributed by atoms with E-state index in [1.165, 1.54) is 0 Å². The first kappa shape index (κ1) is 21.2. The second kappa shape index (κ2) is 9.42. The van der Waals surface area contributed by atoms with Gasteiger partial charge in [0.25, 0.3) is 0 Å². The van der Waals surface area contributed by atoms with Crippen LogP contribution in [0.5, 0.6) is 5.75 Å². The van der Waals surface area contributed by atoms with Gasteiger partial charge in [-0.15, -0.1) is 0 Å². The second-order valence-electron chi connectivity index (χ2n) is 8.08. The number of piperazine rings is 1. The van der Waals surface area contributed by atoms with Gasteiger partial charge < -0.3 is 19.5 Å². The lowest BCUT2D eigenvalue weighted by Crippen LogP contribution is -2.45. The van der Waals surface area contributed by atoms with Gasteiger partial charge in [0.15, 0.2) is 0 Å². The Kier molecular flexibility index (Phi) is 6.45. The Morgan fingerprint density at radius 1 is 1.06 bits per heavy atom. The fourth-order valence-corrected chi connectivity index (χ4v) is 4.32. The van der Waals surface area contributed by atoms with Crippen molar-refractivity contribution in [3.05, 3.63) is 48.0 Å². The molecule has 3 aromatic rings. The maximum Gasteiger partial charge on any atom is 0.121 e. The van der Waals surface area contributed by atoms with Crippen molar-refractivity contribution in [2.24, 2.45) is 0 Å². The zero-order valence-electron chi connectivity index (χ0n) is 18.7. The number of likely N-dealkylation sites (N-methyl/N-ethyl adjacent to an activating group) is 1. The summed E-state index contributed by atoms with van der Waals surface area (Å²) in [4.78, 5) is 4.81. The van der Waals surface area contributed by atoms with Gasteiger partial charge in [0.05, 0.1) is 16.8 Å². The normalized spacial score (nSPS) is 15.2. The van der Waals surface area contributed by atoms with Crippen molar-refractivity contribution in [2.45, 2.75) is 13.5 Å². The summed E-state index contributed by atoms with van der Waals surface area (Å²) < 4.78 is 8.32. The van der Waals surface area contributed by atoms with Crippen LogP contribution in [0.4, 0.5) is 5.69 Å². The smallest absolute Gasteiger partial charge is 0.121 e. The van der Waals surface area contributed by atoms with Gasteiger partial charge in [0.2, 0.25) is 0 Å². The molecule has 1 N–H and O–H groups in total. The number of hydrogen-bond donors (Lipinski definition) is 1. The number of nitrogens with one attached hydrogen (secondary N) is 1. The highest BCUT2D eigenvalue weighted by molar-refractivity contribution is 5.95. The Balaban J connectivity index is 1.59. The number of rotatable bonds is 7. The van der Waals surface area contributed by atoms with E-state index in [0.717, 1.165) is 78.4 Å². The molecular weight excluding hydrogens is 386 g/mol. The molecule has 0 atom stereocenters. The summed E-state index contributed by atoms with van der Waals surface area (Å²) in [5, 5.41) is 14.1. The van der Waals surface area contributed by atoms with Gasteiger partial charge in [0, 0.05) is 63.5 Å². The highest BCUT2D eigenvalue weighted by atomic mass is 16.5. The number of nitrogens with zero attached hydrogens (tertiary/aromatic N) is 4. The molecule has 31 heavy (non-hydrogen) atoms. The number of fused-ring (bicyclic) bond motifs is 1. The van der Waals surface area contributed by atoms with Crippen molar-refractivity contribution in [1.29, 1.82) is 5.26 Å². The Bertz CT molecular complexity index is 1070. The van der Waals surface area contributed by atoms with E-state index in [0.29, 0.717) is 6.61 Å². The monoisotopic (exact) mass is 417 g/mol. The van der Waals surface area contributed by atoms with E-state index in [9.17, 15) is 5.26 Å². The fourth-order valence-electron chi connectivity index (χ4n) is 4.32. The van der Waals surface area contributed by atoms with Crippen molar-refractivity contribution in [3.63, 3.8) is 0 Å². The SMILES string of the molecule is CCn1c(-c2ccc(NC)cc2)c(C#N)c2ccc(OCCN3CCN(C)CC3)cc21. The molecule has 0 bridgehead atoms. The number of anilines is 1. The van der Waals surface area contributed by atoms with Gasteiger partial charge in [-0.1, -0.05) is 12.1 Å². The highest BCUT2D eigenvalue weighted by Gasteiger charge is 2.19. The van der Waals surface area contributed by atoms with Gasteiger partial charge in [0.1, 0.15) is 18.4 Å². The number of benzene rings is 2. The first-order valence-electron chi connectivity index (χ1n) is 11.0. The minimum atomic E-state index is 0.672. The first-order chi connectivity index (χ1) is 15.1. The molecule has 6 nitrogen and oxygen atoms in total. The summed E-state index contributed by atoms with van der Waals surface area (Å²) in [6.07, 6.45) is 0. The molecule has 4 rings (SSSR count). The standard InChI is InChI=1S/C25H31N5O/c1-4-30-24-17-21(31-16-15-29-13-11-28(3)12-14-29)9-10-22(24)23(18-26)25(30)19-5-7-20(27-2)8-6-19/h5-10,17,27H,4,11-16H2,1-3H3. The molecule has 1 aliphatic rings. The highest BCUT2D eigenvalue weighted by Crippen LogP contribution is 2.35. The molecule has 0 saturated carbocycles. The van der Waals surface area contributed by atoms with E-state index >= 15 is 0 Å². The lowest BCUT2D eigenvalue weighted by atomic mass is 10.1. The number of nitriles is 1. The molecule has 6 heteroatoms. The molecule has 0 unspecified atom stereocenters. The van der Waals surface area contributed by atoms with Crippen molar-refractivity contribution in [2.75, 3.05) is 58.7 Å². The van der Waals surface area contributed by atoms with Crippen LogP contribution in [-0.4, -0.2) is 67.8 Å². The molecular formula is C25H31N5O. The third-order valence-electron chi connectivity index (χ3n) is 6.18. The summed E-state index contributed by atoms with van der Waals surface area (Å²) >= 11 is 0. The lowest BCUT2D eigenvalue weighted by molar-refractivity contribution is 0.134. The Morgan fingerprint density at radius 3 is 2.45 bits per heavy atom. The van der Waals surface area contributed by atoms with Crippen molar-refractivity contribution in [1.82, 2.24) is 14.4 Å². The predicted molar refractivity (Wildman–Crippen MR) is 127 cm³/mol.